The zero-order valence-corrected chi connectivity index (χ0v) is 23.6. The van der Waals surface area contributed by atoms with Crippen molar-refractivity contribution in [2.24, 2.45) is 0 Å². The molecule has 4 nitrogen and oxygen atoms in total. The maximum absolute atomic E-state index is 6.91. The third-order valence-corrected chi connectivity index (χ3v) is 10.2. The van der Waals surface area contributed by atoms with Gasteiger partial charge in [0, 0.05) is 4.47 Å². The average molecular weight is 555 g/mol. The van der Waals surface area contributed by atoms with E-state index in [4.69, 9.17) is 9.47 Å². The maximum Gasteiger partial charge on any atom is 0.562 e. The Morgan fingerprint density at radius 2 is 1.19 bits per heavy atom. The van der Waals surface area contributed by atoms with Gasteiger partial charge in [-0.1, -0.05) is 106 Å². The molecule has 1 atom stereocenters. The highest BCUT2D eigenvalue weighted by Gasteiger charge is 2.78. The van der Waals surface area contributed by atoms with Gasteiger partial charge >= 0.3 is 12.6 Å². The molecule has 0 unspecified atom stereocenters. The van der Waals surface area contributed by atoms with Crippen LogP contribution in [0.4, 0.5) is 0 Å². The molecule has 5 aliphatic rings. The monoisotopic (exact) mass is 554 g/mol. The fourth-order valence-corrected chi connectivity index (χ4v) is 8.86. The Hall–Kier alpha value is -2.79. The predicted molar refractivity (Wildman–Crippen MR) is 156 cm³/mol. The molecular formula is C30H33B2BrN2O2. The van der Waals surface area contributed by atoms with Crippen LogP contribution in [0.1, 0.15) is 39.1 Å². The number of fused-ring (bicyclic) bond motifs is 1. The molecule has 0 N–H and O–H groups in total. The first-order valence-corrected chi connectivity index (χ1v) is 14.3. The number of hydrogen-bond donors (Lipinski definition) is 0. The van der Waals surface area contributed by atoms with Crippen molar-refractivity contribution in [1.29, 1.82) is 0 Å². The van der Waals surface area contributed by atoms with E-state index in [2.05, 4.69) is 138 Å². The fraction of sp³-hybridized carbons (Fsp3) is 0.333. The lowest BCUT2D eigenvalue weighted by Crippen LogP contribution is -2.87. The molecule has 5 heterocycles. The first-order valence-electron chi connectivity index (χ1n) is 13.5. The average Bonchev–Trinajstić information content (AvgIpc) is 3.43. The number of halogens is 1. The number of ether oxygens (including phenoxy) is 2. The Bertz CT molecular complexity index is 1420. The van der Waals surface area contributed by atoms with Gasteiger partial charge in [-0.2, -0.15) is 5.46 Å². The van der Waals surface area contributed by atoms with Crippen LogP contribution in [0.3, 0.4) is 0 Å². The summed E-state index contributed by atoms with van der Waals surface area (Å²) in [6.07, 6.45) is -1.92. The normalized spacial score (nSPS) is 30.6. The molecule has 3 aromatic rings. The van der Waals surface area contributed by atoms with Crippen LogP contribution in [-0.2, 0) is 9.47 Å². The quantitative estimate of drug-likeness (QED) is 0.450. The van der Waals surface area contributed by atoms with Crippen LogP contribution in [0, 0.1) is 0 Å². The summed E-state index contributed by atoms with van der Waals surface area (Å²) in [5, 5.41) is 0. The van der Waals surface area contributed by atoms with Gasteiger partial charge in [-0.3, -0.25) is 0 Å². The second kappa shape index (κ2) is 7.63. The third-order valence-electron chi connectivity index (χ3n) is 9.70. The lowest BCUT2D eigenvalue weighted by Gasteiger charge is -2.58. The molecule has 0 radical (unpaired) electrons. The van der Waals surface area contributed by atoms with E-state index in [1.165, 1.54) is 16.5 Å². The zero-order chi connectivity index (χ0) is 25.6. The largest absolute Gasteiger partial charge is 0.562 e. The SMILES string of the molecule is CC1(C)COC2=[N+]1[B-]1(c3ccccc3)C[C@H](c3ccc(Br)cc3)[B-]2(c2ccccc2)C2=[N+]1C(C)(C)CO2. The summed E-state index contributed by atoms with van der Waals surface area (Å²) in [5.74, 6) is 2.45. The summed E-state index contributed by atoms with van der Waals surface area (Å²) in [6.45, 7) is 10.7. The summed E-state index contributed by atoms with van der Waals surface area (Å²) in [5.41, 5.74) is 3.69. The third kappa shape index (κ3) is 2.87. The first-order chi connectivity index (χ1) is 17.7. The van der Waals surface area contributed by atoms with E-state index in [-0.39, 0.29) is 16.9 Å². The standard InChI is InChI=1S/C30H33B2BrN2O2/c1-29(2)20-36-27-32(24-13-9-6-10-14-24)26(22-15-17-25(33)18-16-22)19-31(34(27)29,23-11-7-5-8-12-23)35-28(32)37-21-30(35,3)4/h5-18,26H,19-21H2,1-4H3/t26-,31?,32?/m1/s1. The highest BCUT2D eigenvalue weighted by atomic mass is 79.9. The first kappa shape index (κ1) is 23.3. The van der Waals surface area contributed by atoms with E-state index >= 15 is 0 Å². The minimum Gasteiger partial charge on any atom is -0.478 e. The summed E-state index contributed by atoms with van der Waals surface area (Å²) in [4.78, 5) is 0. The van der Waals surface area contributed by atoms with Gasteiger partial charge < -0.3 is 18.4 Å². The molecule has 8 rings (SSSR count). The molecule has 0 saturated heterocycles. The maximum atomic E-state index is 6.91. The van der Waals surface area contributed by atoms with Crippen LogP contribution in [0.2, 0.25) is 6.32 Å². The van der Waals surface area contributed by atoms with Crippen LogP contribution in [0.15, 0.2) is 89.4 Å². The van der Waals surface area contributed by atoms with Gasteiger partial charge in [-0.15, -0.1) is 5.82 Å². The molecule has 0 saturated carbocycles. The van der Waals surface area contributed by atoms with E-state index in [0.717, 1.165) is 22.4 Å². The van der Waals surface area contributed by atoms with Crippen molar-refractivity contribution < 1.29 is 18.4 Å². The molecule has 0 aromatic heterocycles. The van der Waals surface area contributed by atoms with Gasteiger partial charge in [0.15, 0.2) is 0 Å². The molecule has 0 aliphatic carbocycles. The Morgan fingerprint density at radius 1 is 0.703 bits per heavy atom. The van der Waals surface area contributed by atoms with E-state index in [1.54, 1.807) is 0 Å². The topological polar surface area (TPSA) is 24.5 Å². The van der Waals surface area contributed by atoms with Crippen molar-refractivity contribution in [1.82, 2.24) is 0 Å². The molecule has 37 heavy (non-hydrogen) atoms. The van der Waals surface area contributed by atoms with Gasteiger partial charge in [0.1, 0.15) is 35.9 Å². The van der Waals surface area contributed by atoms with Crippen molar-refractivity contribution in [3.05, 3.63) is 95.0 Å². The van der Waals surface area contributed by atoms with E-state index in [1.807, 2.05) is 0 Å². The Morgan fingerprint density at radius 3 is 1.70 bits per heavy atom. The van der Waals surface area contributed by atoms with Crippen molar-refractivity contribution in [3.63, 3.8) is 0 Å². The van der Waals surface area contributed by atoms with Crippen molar-refractivity contribution >= 4 is 51.0 Å². The number of rotatable bonds is 3. The smallest absolute Gasteiger partial charge is 0.478 e. The zero-order valence-electron chi connectivity index (χ0n) is 22.0. The van der Waals surface area contributed by atoms with Crippen LogP contribution >= 0.6 is 15.9 Å². The summed E-state index contributed by atoms with van der Waals surface area (Å²) >= 11 is 3.67. The highest BCUT2D eigenvalue weighted by molar-refractivity contribution is 9.10. The lowest BCUT2D eigenvalue weighted by molar-refractivity contribution is -0.600. The molecule has 0 spiro atoms. The van der Waals surface area contributed by atoms with Crippen LogP contribution < -0.4 is 10.9 Å². The molecule has 3 aromatic carbocycles. The van der Waals surface area contributed by atoms with Gasteiger partial charge in [-0.25, -0.2) is 0 Å². The van der Waals surface area contributed by atoms with Gasteiger partial charge in [0.25, 0.3) is 0 Å². The molecule has 0 fully saturated rings. The summed E-state index contributed by atoms with van der Waals surface area (Å²) in [7, 11) is 0. The minimum absolute atomic E-state index is 0.151. The Labute approximate surface area is 228 Å². The molecule has 5 aliphatic heterocycles. The van der Waals surface area contributed by atoms with Gasteiger partial charge in [0.05, 0.1) is 0 Å². The van der Waals surface area contributed by atoms with Crippen molar-refractivity contribution in [3.8, 4) is 0 Å². The molecule has 0 amide bonds. The lowest BCUT2D eigenvalue weighted by atomic mass is 9.06. The minimum atomic E-state index is -1.53. The Kier molecular flexibility index (Phi) is 4.81. The van der Waals surface area contributed by atoms with Crippen LogP contribution in [-0.4, -0.2) is 57.4 Å². The molecular weight excluding hydrogens is 522 g/mol. The molecule has 7 heteroatoms. The van der Waals surface area contributed by atoms with Crippen molar-refractivity contribution in [2.75, 3.05) is 13.2 Å². The highest BCUT2D eigenvalue weighted by Crippen LogP contribution is 2.51. The van der Waals surface area contributed by atoms with Crippen molar-refractivity contribution in [2.45, 2.75) is 50.9 Å². The Balaban J connectivity index is 1.67. The predicted octanol–water partition coefficient (Wildman–Crippen LogP) is 4.32. The fourth-order valence-electron chi connectivity index (χ4n) is 8.59. The van der Waals surface area contributed by atoms with E-state index < -0.39 is 12.6 Å². The molecule has 2 bridgehead atoms. The second-order valence-electron chi connectivity index (χ2n) is 12.7. The van der Waals surface area contributed by atoms with E-state index in [0.29, 0.717) is 13.2 Å². The summed E-state index contributed by atoms with van der Waals surface area (Å²) in [6, 6.07) is 31.1. The van der Waals surface area contributed by atoms with E-state index in [9.17, 15) is 0 Å². The second-order valence-corrected chi connectivity index (χ2v) is 13.6. The number of benzene rings is 3. The molecule has 188 valence electrons. The number of nitrogens with zero attached hydrogens (tertiary/aromatic N) is 2. The van der Waals surface area contributed by atoms with Gasteiger partial charge in [0.2, 0.25) is 0 Å². The van der Waals surface area contributed by atoms with Crippen LogP contribution in [0.5, 0.6) is 0 Å². The summed E-state index contributed by atoms with van der Waals surface area (Å²) < 4.78 is 20.3. The van der Waals surface area contributed by atoms with Crippen LogP contribution in [0.25, 0.3) is 0 Å². The van der Waals surface area contributed by atoms with Gasteiger partial charge in [-0.05, 0) is 39.8 Å². The number of hydrogen-bond acceptors (Lipinski definition) is 2.